The highest BCUT2D eigenvalue weighted by Gasteiger charge is 2.20. The topological polar surface area (TPSA) is 72.2 Å². The number of nitro groups is 1. The molecule has 0 radical (unpaired) electrons. The summed E-state index contributed by atoms with van der Waals surface area (Å²) in [5.41, 5.74) is 4.50. The first-order valence-corrected chi connectivity index (χ1v) is 7.99. The molecule has 128 valence electrons. The number of hydrogen-bond donors (Lipinski definition) is 1. The van der Waals surface area contributed by atoms with Crippen molar-refractivity contribution in [2.24, 2.45) is 0 Å². The van der Waals surface area contributed by atoms with Crippen molar-refractivity contribution in [2.45, 2.75) is 6.42 Å². The van der Waals surface area contributed by atoms with Gasteiger partial charge in [-0.1, -0.05) is 30.3 Å². The van der Waals surface area contributed by atoms with Gasteiger partial charge in [-0.15, -0.1) is 0 Å². The van der Waals surface area contributed by atoms with Crippen LogP contribution in [0, 0.1) is 15.9 Å². The first-order chi connectivity index (χ1) is 12.5. The van der Waals surface area contributed by atoms with E-state index in [1.54, 1.807) is 6.07 Å². The normalized spacial score (nSPS) is 11.6. The van der Waals surface area contributed by atoms with Gasteiger partial charge in [0.15, 0.2) is 0 Å². The third kappa shape index (κ3) is 2.71. The van der Waals surface area contributed by atoms with Gasteiger partial charge in [-0.2, -0.15) is 4.39 Å². The molecule has 0 bridgehead atoms. The number of rotatable bonds is 3. The molecule has 1 aliphatic carbocycles. The highest BCUT2D eigenvalue weighted by molar-refractivity contribution is 6.05. The smallest absolute Gasteiger partial charge is 0.305 e. The monoisotopic (exact) mass is 348 g/mol. The Labute approximate surface area is 148 Å². The van der Waals surface area contributed by atoms with Gasteiger partial charge in [0.25, 0.3) is 5.91 Å². The zero-order chi connectivity index (χ0) is 18.3. The molecule has 0 spiro atoms. The fraction of sp³-hybridized carbons (Fsp3) is 0.0500. The van der Waals surface area contributed by atoms with Gasteiger partial charge >= 0.3 is 5.69 Å². The molecule has 0 unspecified atom stereocenters. The number of amides is 1. The Hall–Kier alpha value is -3.54. The van der Waals surface area contributed by atoms with Gasteiger partial charge in [0.05, 0.1) is 4.92 Å². The molecule has 0 saturated heterocycles. The number of nitro benzene ring substituents is 1. The second-order valence-electron chi connectivity index (χ2n) is 6.08. The summed E-state index contributed by atoms with van der Waals surface area (Å²) in [6.07, 6.45) is 0.851. The summed E-state index contributed by atoms with van der Waals surface area (Å²) in [5.74, 6) is -1.50. The van der Waals surface area contributed by atoms with E-state index in [1.165, 1.54) is 17.2 Å². The minimum Gasteiger partial charge on any atom is -0.322 e. The van der Waals surface area contributed by atoms with Crippen molar-refractivity contribution < 1.29 is 14.1 Å². The molecule has 0 aliphatic heterocycles. The second-order valence-corrected chi connectivity index (χ2v) is 6.08. The minimum atomic E-state index is -0.972. The second kappa shape index (κ2) is 6.07. The number of anilines is 1. The molecule has 1 aliphatic rings. The van der Waals surface area contributed by atoms with E-state index in [0.717, 1.165) is 29.7 Å². The van der Waals surface area contributed by atoms with Crippen molar-refractivity contribution in [1.82, 2.24) is 0 Å². The quantitative estimate of drug-likeness (QED) is 0.436. The van der Waals surface area contributed by atoms with Crippen molar-refractivity contribution in [2.75, 3.05) is 5.32 Å². The van der Waals surface area contributed by atoms with Crippen LogP contribution >= 0.6 is 0 Å². The van der Waals surface area contributed by atoms with Crippen molar-refractivity contribution in [3.05, 3.63) is 93.3 Å². The summed E-state index contributed by atoms with van der Waals surface area (Å²) in [6.45, 7) is 0. The molecule has 1 N–H and O–H groups in total. The minimum absolute atomic E-state index is 0.0269. The van der Waals surface area contributed by atoms with E-state index in [0.29, 0.717) is 5.69 Å². The molecule has 0 heterocycles. The summed E-state index contributed by atoms with van der Waals surface area (Å²) in [4.78, 5) is 22.4. The highest BCUT2D eigenvalue weighted by Crippen LogP contribution is 2.37. The number of benzene rings is 3. The maximum atomic E-state index is 13.4. The Morgan fingerprint density at radius 3 is 2.58 bits per heavy atom. The van der Waals surface area contributed by atoms with Crippen molar-refractivity contribution >= 4 is 17.3 Å². The van der Waals surface area contributed by atoms with Crippen LogP contribution in [0.1, 0.15) is 21.5 Å². The van der Waals surface area contributed by atoms with Crippen molar-refractivity contribution in [1.29, 1.82) is 0 Å². The molecule has 3 aromatic rings. The maximum Gasteiger partial charge on any atom is 0.305 e. The largest absolute Gasteiger partial charge is 0.322 e. The zero-order valence-corrected chi connectivity index (χ0v) is 13.5. The van der Waals surface area contributed by atoms with E-state index < -0.39 is 22.3 Å². The van der Waals surface area contributed by atoms with Crippen LogP contribution in [0.2, 0.25) is 0 Å². The van der Waals surface area contributed by atoms with E-state index >= 15 is 0 Å². The Morgan fingerprint density at radius 1 is 1.00 bits per heavy atom. The standard InChI is InChI=1S/C20H13FN2O3/c21-18-8-6-14(10-19(18)23(25)26)20(24)22-15-7-5-13-9-12-3-1-2-4-16(12)17(13)11-15/h1-8,10-11H,9H2,(H,22,24). The molecule has 0 aromatic heterocycles. The highest BCUT2D eigenvalue weighted by atomic mass is 19.1. The van der Waals surface area contributed by atoms with Gasteiger partial charge < -0.3 is 5.32 Å². The predicted octanol–water partition coefficient (Wildman–Crippen LogP) is 4.56. The predicted molar refractivity (Wildman–Crippen MR) is 95.7 cm³/mol. The van der Waals surface area contributed by atoms with Crippen LogP contribution in [0.4, 0.5) is 15.8 Å². The number of nitrogens with zero attached hydrogens (tertiary/aromatic N) is 1. The van der Waals surface area contributed by atoms with Crippen LogP contribution in [0.25, 0.3) is 11.1 Å². The molecule has 0 fully saturated rings. The molecule has 1 amide bonds. The van der Waals surface area contributed by atoms with Gasteiger partial charge in [-0.05, 0) is 52.9 Å². The lowest BCUT2D eigenvalue weighted by Gasteiger charge is -2.08. The lowest BCUT2D eigenvalue weighted by molar-refractivity contribution is -0.387. The lowest BCUT2D eigenvalue weighted by Crippen LogP contribution is -2.12. The SMILES string of the molecule is O=C(Nc1ccc2c(c1)-c1ccccc1C2)c1ccc(F)c([N+](=O)[O-])c1. The first-order valence-electron chi connectivity index (χ1n) is 7.99. The average molecular weight is 348 g/mol. The zero-order valence-electron chi connectivity index (χ0n) is 13.5. The maximum absolute atomic E-state index is 13.4. The molecule has 6 heteroatoms. The molecule has 26 heavy (non-hydrogen) atoms. The van der Waals surface area contributed by atoms with E-state index in [-0.39, 0.29) is 5.56 Å². The average Bonchev–Trinajstić information content (AvgIpc) is 3.00. The summed E-state index contributed by atoms with van der Waals surface area (Å²) in [7, 11) is 0. The van der Waals surface area contributed by atoms with Crippen LogP contribution in [0.3, 0.4) is 0 Å². The third-order valence-electron chi connectivity index (χ3n) is 4.46. The number of halogens is 1. The number of nitrogens with one attached hydrogen (secondary N) is 1. The molecule has 5 nitrogen and oxygen atoms in total. The van der Waals surface area contributed by atoms with E-state index in [1.807, 2.05) is 30.3 Å². The van der Waals surface area contributed by atoms with Gasteiger partial charge in [0.2, 0.25) is 5.82 Å². The van der Waals surface area contributed by atoms with Gasteiger partial charge in [0, 0.05) is 17.3 Å². The number of fused-ring (bicyclic) bond motifs is 3. The first kappa shape index (κ1) is 16.0. The van der Waals surface area contributed by atoms with E-state index in [2.05, 4.69) is 11.4 Å². The fourth-order valence-electron chi connectivity index (χ4n) is 3.20. The molecule has 3 aromatic carbocycles. The van der Waals surface area contributed by atoms with Crippen LogP contribution < -0.4 is 5.32 Å². The summed E-state index contributed by atoms with van der Waals surface area (Å²) >= 11 is 0. The van der Waals surface area contributed by atoms with Gasteiger partial charge in [-0.3, -0.25) is 14.9 Å². The summed E-state index contributed by atoms with van der Waals surface area (Å²) < 4.78 is 13.4. The van der Waals surface area contributed by atoms with Gasteiger partial charge in [-0.25, -0.2) is 0 Å². The van der Waals surface area contributed by atoms with E-state index in [4.69, 9.17) is 0 Å². The summed E-state index contributed by atoms with van der Waals surface area (Å²) in [5, 5.41) is 13.6. The van der Waals surface area contributed by atoms with Crippen LogP contribution in [-0.2, 0) is 6.42 Å². The van der Waals surface area contributed by atoms with Crippen molar-refractivity contribution in [3.8, 4) is 11.1 Å². The van der Waals surface area contributed by atoms with Crippen molar-refractivity contribution in [3.63, 3.8) is 0 Å². The molecular formula is C20H13FN2O3. The van der Waals surface area contributed by atoms with Crippen LogP contribution in [0.5, 0.6) is 0 Å². The van der Waals surface area contributed by atoms with E-state index in [9.17, 15) is 19.3 Å². The fourth-order valence-corrected chi connectivity index (χ4v) is 3.20. The van der Waals surface area contributed by atoms with Crippen LogP contribution in [0.15, 0.2) is 60.7 Å². The number of carbonyl (C=O) groups excluding carboxylic acids is 1. The molecule has 0 saturated carbocycles. The summed E-state index contributed by atoms with van der Waals surface area (Å²) in [6, 6.07) is 16.8. The molecule has 0 atom stereocenters. The Kier molecular flexibility index (Phi) is 3.73. The third-order valence-corrected chi connectivity index (χ3v) is 4.46. The van der Waals surface area contributed by atoms with Gasteiger partial charge in [0.1, 0.15) is 0 Å². The lowest BCUT2D eigenvalue weighted by atomic mass is 10.1. The van der Waals surface area contributed by atoms with Crippen LogP contribution in [-0.4, -0.2) is 10.8 Å². The Balaban J connectivity index is 1.62. The number of hydrogen-bond acceptors (Lipinski definition) is 3. The molecular weight excluding hydrogens is 335 g/mol. The molecule has 4 rings (SSSR count). The number of carbonyl (C=O) groups is 1. The Bertz CT molecular complexity index is 1060. The Morgan fingerprint density at radius 2 is 1.77 bits per heavy atom.